The largest absolute Gasteiger partial charge is 0.483 e. The van der Waals surface area contributed by atoms with E-state index in [2.05, 4.69) is 0 Å². The number of hydrogen-bond donors (Lipinski definition) is 0. The fourth-order valence-corrected chi connectivity index (χ4v) is 9.85. The number of aryl methyl sites for hydroxylation is 1. The number of esters is 4. The van der Waals surface area contributed by atoms with Gasteiger partial charge in [0.15, 0.2) is 12.2 Å². The Hall–Kier alpha value is -3.47. The maximum absolute atomic E-state index is 14.5. The first-order valence-electron chi connectivity index (χ1n) is 15.8. The lowest BCUT2D eigenvalue weighted by atomic mass is 9.66. The highest BCUT2D eigenvalue weighted by Crippen LogP contribution is 2.67. The van der Waals surface area contributed by atoms with Crippen LogP contribution >= 0.6 is 11.3 Å². The third-order valence-corrected chi connectivity index (χ3v) is 14.0. The molecule has 10 nitrogen and oxygen atoms in total. The van der Waals surface area contributed by atoms with Crippen LogP contribution in [0.2, 0.25) is 0 Å². The summed E-state index contributed by atoms with van der Waals surface area (Å²) in [6.07, 6.45) is -1.01. The summed E-state index contributed by atoms with van der Waals surface area (Å²) in [5, 5.41) is 0.757. The number of fused-ring (bicyclic) bond motifs is 7. The second-order valence-corrected chi connectivity index (χ2v) is 16.8. The summed E-state index contributed by atoms with van der Waals surface area (Å²) < 4.78 is 31.3. The van der Waals surface area contributed by atoms with Crippen molar-refractivity contribution in [1.82, 2.24) is 0 Å². The summed E-state index contributed by atoms with van der Waals surface area (Å²) in [4.78, 5) is 67.8. The molecule has 2 aromatic rings. The molecule has 1 aromatic heterocycles. The summed E-state index contributed by atoms with van der Waals surface area (Å²) >= 11 is 0.980. The van der Waals surface area contributed by atoms with Gasteiger partial charge in [0, 0.05) is 15.5 Å². The lowest BCUT2D eigenvalue weighted by molar-refractivity contribution is -0.217. The van der Waals surface area contributed by atoms with Gasteiger partial charge in [-0.3, -0.25) is 14.4 Å². The quantitative estimate of drug-likeness (QED) is 0.309. The summed E-state index contributed by atoms with van der Waals surface area (Å²) in [6, 6.07) is 5.15. The maximum atomic E-state index is 14.5. The average molecular weight is 653 g/mol. The number of hydrogen-bond acceptors (Lipinski definition) is 11. The van der Waals surface area contributed by atoms with Crippen molar-refractivity contribution in [2.24, 2.45) is 21.7 Å². The average Bonchev–Trinajstić information content (AvgIpc) is 3.42. The molecule has 246 valence electrons. The fourth-order valence-electron chi connectivity index (χ4n) is 8.75. The molecule has 4 heterocycles. The van der Waals surface area contributed by atoms with Crippen LogP contribution in [0.25, 0.3) is 10.1 Å². The number of carbonyl (C=O) groups is 4. The van der Waals surface area contributed by atoms with Gasteiger partial charge in [0.25, 0.3) is 0 Å². The Morgan fingerprint density at radius 2 is 1.28 bits per heavy atom. The van der Waals surface area contributed by atoms with Crippen LogP contribution in [0, 0.1) is 28.6 Å². The highest BCUT2D eigenvalue weighted by atomic mass is 32.1. The zero-order valence-corrected chi connectivity index (χ0v) is 28.5. The molecule has 7 rings (SSSR count). The van der Waals surface area contributed by atoms with Gasteiger partial charge in [-0.25, -0.2) is 9.59 Å². The van der Waals surface area contributed by atoms with Crippen molar-refractivity contribution >= 4 is 45.3 Å². The van der Waals surface area contributed by atoms with Crippen LogP contribution in [0.3, 0.4) is 0 Å². The maximum Gasteiger partial charge on any atom is 0.351 e. The molecule has 2 saturated carbocycles. The van der Waals surface area contributed by atoms with Gasteiger partial charge in [0.05, 0.1) is 16.4 Å². The number of benzene rings is 1. The predicted molar refractivity (Wildman–Crippen MR) is 166 cm³/mol. The topological polar surface area (TPSA) is 132 Å². The highest BCUT2D eigenvalue weighted by Gasteiger charge is 2.78. The molecule has 0 amide bonds. The molecule has 1 aromatic carbocycles. The first-order valence-corrected chi connectivity index (χ1v) is 16.7. The van der Waals surface area contributed by atoms with E-state index < -0.39 is 74.5 Å². The molecule has 0 spiro atoms. The van der Waals surface area contributed by atoms with E-state index in [4.69, 9.17) is 23.7 Å². The zero-order valence-electron chi connectivity index (χ0n) is 27.7. The van der Waals surface area contributed by atoms with Crippen LogP contribution in [0.15, 0.2) is 23.0 Å². The zero-order chi connectivity index (χ0) is 33.6. The van der Waals surface area contributed by atoms with Crippen molar-refractivity contribution in [2.45, 2.75) is 117 Å². The van der Waals surface area contributed by atoms with Gasteiger partial charge in [-0.15, -0.1) is 0 Å². The number of rotatable bonds is 4. The van der Waals surface area contributed by atoms with Crippen LogP contribution in [-0.2, 0) is 38.1 Å². The summed E-state index contributed by atoms with van der Waals surface area (Å²) in [5.74, 6) is -2.03. The highest BCUT2D eigenvalue weighted by molar-refractivity contribution is 7.16. The molecule has 4 bridgehead atoms. The lowest BCUT2D eigenvalue weighted by Crippen LogP contribution is -2.57. The van der Waals surface area contributed by atoms with Gasteiger partial charge in [-0.2, -0.15) is 0 Å². The minimum atomic E-state index is -1.56. The lowest BCUT2D eigenvalue weighted by Gasteiger charge is -2.46. The molecule has 0 N–H and O–H groups in total. The van der Waals surface area contributed by atoms with Crippen molar-refractivity contribution in [3.8, 4) is 5.75 Å². The minimum Gasteiger partial charge on any atom is -0.483 e. The second-order valence-electron chi connectivity index (χ2n) is 15.8. The van der Waals surface area contributed by atoms with Crippen LogP contribution < -0.4 is 9.48 Å². The molecule has 2 aliphatic carbocycles. The fraction of sp³-hybridized carbons (Fsp3) is 0.629. The van der Waals surface area contributed by atoms with Crippen molar-refractivity contribution in [3.05, 3.63) is 38.9 Å². The van der Waals surface area contributed by atoms with Gasteiger partial charge in [0.2, 0.25) is 15.9 Å². The van der Waals surface area contributed by atoms with E-state index in [1.165, 1.54) is 6.07 Å². The standard InChI is InChI=1S/C35H40O10S/c1-17-16-20(36)46-23-18(17)10-11-19-21(23)22(41-27(39)34-14-12-32(8,25(37)44-34)30(34,4)5)24(29(2,3)43-19)42-28(40)35-15-13-33(9,26(38)45-35)31(35,6)7/h10-11,16,22,24H,12-15H2,1-9H3/t22-,24-,32?,33?,34?,35?/m1/s1. The number of carbonyl (C=O) groups excluding carboxylic acids is 4. The molecular weight excluding hydrogens is 612 g/mol. The minimum absolute atomic E-state index is 0.207. The van der Waals surface area contributed by atoms with E-state index in [1.807, 2.05) is 54.5 Å². The Bertz CT molecular complexity index is 1840. The first-order chi connectivity index (χ1) is 21.2. The Balaban J connectivity index is 1.37. The van der Waals surface area contributed by atoms with E-state index in [-0.39, 0.29) is 17.6 Å². The smallest absolute Gasteiger partial charge is 0.351 e. The molecule has 11 heteroatoms. The van der Waals surface area contributed by atoms with E-state index in [0.717, 1.165) is 22.3 Å². The predicted octanol–water partition coefficient (Wildman–Crippen LogP) is 5.48. The van der Waals surface area contributed by atoms with Crippen molar-refractivity contribution in [1.29, 1.82) is 0 Å². The molecule has 5 aliphatic rings. The molecular formula is C35H40O10S. The summed E-state index contributed by atoms with van der Waals surface area (Å²) in [5.41, 5.74) is -6.73. The van der Waals surface area contributed by atoms with E-state index in [9.17, 15) is 24.0 Å². The monoisotopic (exact) mass is 652 g/mol. The Morgan fingerprint density at radius 1 is 0.761 bits per heavy atom. The van der Waals surface area contributed by atoms with Crippen molar-refractivity contribution in [2.75, 3.05) is 0 Å². The van der Waals surface area contributed by atoms with Gasteiger partial charge in [-0.1, -0.05) is 39.0 Å². The summed E-state index contributed by atoms with van der Waals surface area (Å²) in [7, 11) is 0. The molecule has 46 heavy (non-hydrogen) atoms. The van der Waals surface area contributed by atoms with Gasteiger partial charge in [0.1, 0.15) is 11.4 Å². The molecule has 2 saturated heterocycles. The SMILES string of the molecule is Cc1cc(=O)sc2c3c(ccc12)OC(C)(C)[C@H](OC(=O)C12CCC(C)(C(=O)O1)C2(C)C)[C@@H]3OC(=O)C12CCC(C)(C(=O)O1)C2(C)C. The Labute approximate surface area is 271 Å². The molecule has 0 radical (unpaired) electrons. The third kappa shape index (κ3) is 3.40. The Kier molecular flexibility index (Phi) is 6.03. The van der Waals surface area contributed by atoms with Crippen LogP contribution in [0.4, 0.5) is 0 Å². The normalized spacial score (nSPS) is 37.3. The molecule has 4 unspecified atom stereocenters. The first kappa shape index (κ1) is 31.1. The van der Waals surface area contributed by atoms with E-state index >= 15 is 0 Å². The third-order valence-electron chi connectivity index (χ3n) is 13.0. The van der Waals surface area contributed by atoms with E-state index in [1.54, 1.807) is 19.9 Å². The van der Waals surface area contributed by atoms with Crippen LogP contribution in [0.5, 0.6) is 5.75 Å². The van der Waals surface area contributed by atoms with Crippen molar-refractivity contribution < 1.29 is 42.9 Å². The van der Waals surface area contributed by atoms with Crippen molar-refractivity contribution in [3.63, 3.8) is 0 Å². The van der Waals surface area contributed by atoms with E-state index in [0.29, 0.717) is 28.9 Å². The second kappa shape index (κ2) is 8.90. The van der Waals surface area contributed by atoms with Gasteiger partial charge in [-0.05, 0) is 89.5 Å². The van der Waals surface area contributed by atoms with Gasteiger partial charge >= 0.3 is 23.9 Å². The number of ether oxygens (including phenoxy) is 5. The Morgan fingerprint density at radius 3 is 1.76 bits per heavy atom. The van der Waals surface area contributed by atoms with Crippen LogP contribution in [-0.4, -0.2) is 46.8 Å². The van der Waals surface area contributed by atoms with Gasteiger partial charge < -0.3 is 23.7 Å². The van der Waals surface area contributed by atoms with Crippen LogP contribution in [0.1, 0.15) is 98.3 Å². The molecule has 3 aliphatic heterocycles. The molecule has 4 fully saturated rings. The molecule has 6 atom stereocenters. The summed E-state index contributed by atoms with van der Waals surface area (Å²) in [6.45, 7) is 16.2.